The molecule has 0 aliphatic heterocycles. The summed E-state index contributed by atoms with van der Waals surface area (Å²) in [4.78, 5) is 0. The van der Waals surface area contributed by atoms with Crippen molar-refractivity contribution in [1.82, 2.24) is 9.62 Å². The van der Waals surface area contributed by atoms with Crippen molar-refractivity contribution in [2.75, 3.05) is 25.4 Å². The lowest BCUT2D eigenvalue weighted by molar-refractivity contribution is 0.410. The van der Waals surface area contributed by atoms with Crippen molar-refractivity contribution in [2.45, 2.75) is 51.5 Å². The molecule has 1 N–H and O–H groups in total. The number of hydrogen-bond donors (Lipinski definition) is 1. The first-order valence-electron chi connectivity index (χ1n) is 7.33. The first-order valence-corrected chi connectivity index (χ1v) is 8.94. The molecule has 2 saturated carbocycles. The highest BCUT2D eigenvalue weighted by atomic mass is 32.2. The largest absolute Gasteiger partial charge is 0.314 e. The summed E-state index contributed by atoms with van der Waals surface area (Å²) >= 11 is 0. The first-order chi connectivity index (χ1) is 8.62. The highest BCUT2D eigenvalue weighted by molar-refractivity contribution is 7.89. The predicted octanol–water partition coefficient (Wildman–Crippen LogP) is 1.58. The van der Waals surface area contributed by atoms with Crippen molar-refractivity contribution in [3.63, 3.8) is 0 Å². The molecule has 0 radical (unpaired) electrons. The Kier molecular flexibility index (Phi) is 5.04. The van der Waals surface area contributed by atoms with Gasteiger partial charge in [-0.3, -0.25) is 0 Å². The van der Waals surface area contributed by atoms with Crippen molar-refractivity contribution < 1.29 is 8.42 Å². The fourth-order valence-electron chi connectivity index (χ4n) is 2.16. The summed E-state index contributed by atoms with van der Waals surface area (Å²) < 4.78 is 26.0. The maximum absolute atomic E-state index is 12.1. The highest BCUT2D eigenvalue weighted by Crippen LogP contribution is 2.30. The third-order valence-electron chi connectivity index (χ3n) is 3.74. The summed E-state index contributed by atoms with van der Waals surface area (Å²) in [6.07, 6.45) is 6.75. The molecule has 0 aromatic carbocycles. The van der Waals surface area contributed by atoms with Crippen molar-refractivity contribution >= 4 is 10.0 Å². The zero-order valence-electron chi connectivity index (χ0n) is 11.4. The van der Waals surface area contributed by atoms with Gasteiger partial charge in [-0.25, -0.2) is 12.7 Å². The van der Waals surface area contributed by atoms with Gasteiger partial charge >= 0.3 is 0 Å². The quantitative estimate of drug-likeness (QED) is 0.615. The molecule has 18 heavy (non-hydrogen) atoms. The van der Waals surface area contributed by atoms with Crippen LogP contribution in [0.25, 0.3) is 0 Å². The Balaban J connectivity index is 1.63. The van der Waals surface area contributed by atoms with E-state index in [4.69, 9.17) is 0 Å². The molecule has 2 rings (SSSR count). The van der Waals surface area contributed by atoms with Crippen LogP contribution in [0.3, 0.4) is 0 Å². The molecule has 0 saturated heterocycles. The average Bonchev–Trinajstić information content (AvgIpc) is 3.19. The third-order valence-corrected chi connectivity index (χ3v) is 5.74. The maximum Gasteiger partial charge on any atom is 0.214 e. The number of hydrogen-bond acceptors (Lipinski definition) is 3. The summed E-state index contributed by atoms with van der Waals surface area (Å²) in [7, 11) is -3.01. The topological polar surface area (TPSA) is 49.4 Å². The lowest BCUT2D eigenvalue weighted by atomic mass is 10.3. The van der Waals surface area contributed by atoms with Gasteiger partial charge in [-0.05, 0) is 51.0 Å². The van der Waals surface area contributed by atoms with E-state index in [1.165, 1.54) is 25.7 Å². The minimum Gasteiger partial charge on any atom is -0.314 e. The van der Waals surface area contributed by atoms with Gasteiger partial charge in [0.05, 0.1) is 5.75 Å². The van der Waals surface area contributed by atoms with Crippen molar-refractivity contribution in [3.05, 3.63) is 0 Å². The van der Waals surface area contributed by atoms with E-state index >= 15 is 0 Å². The second-order valence-electron chi connectivity index (χ2n) is 5.65. The molecule has 0 unspecified atom stereocenters. The molecule has 0 amide bonds. The van der Waals surface area contributed by atoms with Crippen molar-refractivity contribution in [3.8, 4) is 0 Å². The van der Waals surface area contributed by atoms with E-state index in [0.29, 0.717) is 18.2 Å². The summed E-state index contributed by atoms with van der Waals surface area (Å²) in [6, 6.07) is 0.726. The molecule has 5 heteroatoms. The van der Waals surface area contributed by atoms with Crippen LogP contribution in [0, 0.1) is 5.92 Å². The Labute approximate surface area is 111 Å². The maximum atomic E-state index is 12.1. The second kappa shape index (κ2) is 6.35. The van der Waals surface area contributed by atoms with Gasteiger partial charge in [0.25, 0.3) is 0 Å². The fraction of sp³-hybridized carbons (Fsp3) is 1.00. The molecule has 106 valence electrons. The highest BCUT2D eigenvalue weighted by Gasteiger charge is 2.29. The van der Waals surface area contributed by atoms with E-state index in [0.717, 1.165) is 32.0 Å². The molecule has 0 heterocycles. The Bertz CT molecular complexity index is 348. The molecule has 2 aliphatic rings. The monoisotopic (exact) mass is 274 g/mol. The fourth-order valence-corrected chi connectivity index (χ4v) is 3.82. The molecule has 4 nitrogen and oxygen atoms in total. The molecule has 0 spiro atoms. The lowest BCUT2D eigenvalue weighted by Crippen LogP contribution is -2.34. The molecule has 0 aromatic heterocycles. The van der Waals surface area contributed by atoms with Crippen LogP contribution >= 0.6 is 0 Å². The van der Waals surface area contributed by atoms with Crippen LogP contribution in [0.5, 0.6) is 0 Å². The van der Waals surface area contributed by atoms with Crippen LogP contribution in [0.1, 0.15) is 45.4 Å². The van der Waals surface area contributed by atoms with Gasteiger partial charge in [0.15, 0.2) is 0 Å². The van der Waals surface area contributed by atoms with E-state index in [-0.39, 0.29) is 0 Å². The van der Waals surface area contributed by atoms with Crippen LogP contribution in [0.15, 0.2) is 0 Å². The standard InChI is InChI=1S/C13H26N2O2S/c1-2-15(11-12-5-6-12)18(16,17)10-4-3-9-14-13-7-8-13/h12-14H,2-11H2,1H3. The van der Waals surface area contributed by atoms with Gasteiger partial charge in [-0.1, -0.05) is 6.92 Å². The third kappa shape index (κ3) is 4.86. The Morgan fingerprint density at radius 3 is 2.44 bits per heavy atom. The summed E-state index contributed by atoms with van der Waals surface area (Å²) in [5, 5.41) is 3.42. The molecular formula is C13H26N2O2S. The molecular weight excluding hydrogens is 248 g/mol. The van der Waals surface area contributed by atoms with Gasteiger partial charge in [0, 0.05) is 19.1 Å². The SMILES string of the molecule is CCN(CC1CC1)S(=O)(=O)CCCCNC1CC1. The Morgan fingerprint density at radius 2 is 1.89 bits per heavy atom. The van der Waals surface area contributed by atoms with E-state index in [9.17, 15) is 8.42 Å². The number of unbranched alkanes of at least 4 members (excludes halogenated alkanes) is 1. The van der Waals surface area contributed by atoms with Crippen molar-refractivity contribution in [1.29, 1.82) is 0 Å². The van der Waals surface area contributed by atoms with Crippen LogP contribution in [-0.4, -0.2) is 44.2 Å². The molecule has 0 aromatic rings. The van der Waals surface area contributed by atoms with Gasteiger partial charge < -0.3 is 5.32 Å². The predicted molar refractivity (Wildman–Crippen MR) is 74.0 cm³/mol. The lowest BCUT2D eigenvalue weighted by Gasteiger charge is -2.20. The van der Waals surface area contributed by atoms with E-state index in [1.807, 2.05) is 6.92 Å². The first kappa shape index (κ1) is 14.3. The van der Waals surface area contributed by atoms with Gasteiger partial charge in [0.1, 0.15) is 0 Å². The Hall–Kier alpha value is -0.130. The van der Waals surface area contributed by atoms with Crippen molar-refractivity contribution in [2.24, 2.45) is 5.92 Å². The molecule has 2 fully saturated rings. The van der Waals surface area contributed by atoms with Crippen LogP contribution in [0.4, 0.5) is 0 Å². The molecule has 2 aliphatic carbocycles. The van der Waals surface area contributed by atoms with E-state index in [1.54, 1.807) is 4.31 Å². The van der Waals surface area contributed by atoms with Crippen LogP contribution < -0.4 is 5.32 Å². The average molecular weight is 274 g/mol. The summed E-state index contributed by atoms with van der Waals surface area (Å²) in [5.74, 6) is 0.955. The van der Waals surface area contributed by atoms with Gasteiger partial charge in [-0.2, -0.15) is 0 Å². The van der Waals surface area contributed by atoms with Crippen LogP contribution in [-0.2, 0) is 10.0 Å². The summed E-state index contributed by atoms with van der Waals surface area (Å²) in [5.41, 5.74) is 0. The number of sulfonamides is 1. The normalized spacial score (nSPS) is 20.6. The zero-order chi connectivity index (χ0) is 13.0. The van der Waals surface area contributed by atoms with Crippen LogP contribution in [0.2, 0.25) is 0 Å². The molecule has 0 bridgehead atoms. The number of nitrogens with zero attached hydrogens (tertiary/aromatic N) is 1. The van der Waals surface area contributed by atoms with Gasteiger partial charge in [0.2, 0.25) is 10.0 Å². The minimum atomic E-state index is -3.01. The smallest absolute Gasteiger partial charge is 0.214 e. The zero-order valence-corrected chi connectivity index (χ0v) is 12.2. The van der Waals surface area contributed by atoms with Gasteiger partial charge in [-0.15, -0.1) is 0 Å². The van der Waals surface area contributed by atoms with E-state index in [2.05, 4.69) is 5.32 Å². The second-order valence-corrected chi connectivity index (χ2v) is 7.73. The number of rotatable bonds is 10. The molecule has 0 atom stereocenters. The minimum absolute atomic E-state index is 0.319. The Morgan fingerprint density at radius 1 is 1.17 bits per heavy atom. The van der Waals surface area contributed by atoms with E-state index < -0.39 is 10.0 Å². The summed E-state index contributed by atoms with van der Waals surface area (Å²) in [6.45, 7) is 4.28. The number of nitrogens with one attached hydrogen (secondary N) is 1.